The third kappa shape index (κ3) is 33.0. The zero-order valence-electron chi connectivity index (χ0n) is 28.9. The Balaban J connectivity index is 3.94. The van der Waals surface area contributed by atoms with Gasteiger partial charge in [-0.1, -0.05) is 168 Å². The second-order valence-electron chi connectivity index (χ2n) is 12.8. The van der Waals surface area contributed by atoms with Gasteiger partial charge in [-0.2, -0.15) is 0 Å². The normalized spacial score (nSPS) is 13.3. The van der Waals surface area contributed by atoms with E-state index in [2.05, 4.69) is 25.7 Å². The minimum atomic E-state index is -3.89. The molecule has 0 spiro atoms. The number of phosphoric acid groups is 1. The summed E-state index contributed by atoms with van der Waals surface area (Å²) in [6.45, 7) is 11.2. The van der Waals surface area contributed by atoms with Crippen LogP contribution in [0.3, 0.4) is 0 Å². The maximum Gasteiger partial charge on any atom is 0.472 e. The first-order chi connectivity index (χ1) is 20.6. The smallest absolute Gasteiger partial charge is 0.303 e. The van der Waals surface area contributed by atoms with E-state index in [0.717, 1.165) is 25.7 Å². The molecule has 0 amide bonds. The van der Waals surface area contributed by atoms with E-state index < -0.39 is 7.82 Å². The molecule has 1 atom stereocenters. The summed E-state index contributed by atoms with van der Waals surface area (Å²) in [6, 6.07) is 0. The van der Waals surface area contributed by atoms with Crippen molar-refractivity contribution in [3.05, 3.63) is 0 Å². The first kappa shape index (κ1) is 42.1. The van der Waals surface area contributed by atoms with E-state index in [1.54, 1.807) is 0 Å². The average Bonchev–Trinajstić information content (AvgIpc) is 2.98. The van der Waals surface area contributed by atoms with Crippen molar-refractivity contribution in [2.75, 3.05) is 32.8 Å². The highest BCUT2D eigenvalue weighted by molar-refractivity contribution is 7.47. The van der Waals surface area contributed by atoms with Gasteiger partial charge < -0.3 is 9.79 Å². The Kier molecular flexibility index (Phi) is 34.0. The molecule has 1 unspecified atom stereocenters. The van der Waals surface area contributed by atoms with E-state index in [4.69, 9.17) is 9.05 Å². The topological polar surface area (TPSA) is 59.0 Å². The molecular formula is C36H76NO4P. The van der Waals surface area contributed by atoms with Gasteiger partial charge in [-0.25, -0.2) is 4.57 Å². The van der Waals surface area contributed by atoms with Crippen molar-refractivity contribution in [3.63, 3.8) is 0 Å². The zero-order valence-corrected chi connectivity index (χ0v) is 29.8. The molecule has 0 aromatic rings. The Morgan fingerprint density at radius 3 is 0.929 bits per heavy atom. The molecule has 0 aliphatic heterocycles. The van der Waals surface area contributed by atoms with Gasteiger partial charge in [-0.05, 0) is 51.7 Å². The van der Waals surface area contributed by atoms with Crippen LogP contribution in [0.2, 0.25) is 0 Å². The van der Waals surface area contributed by atoms with E-state index in [1.165, 1.54) is 174 Å². The van der Waals surface area contributed by atoms with Gasteiger partial charge in [0.25, 0.3) is 0 Å². The number of hydrogen-bond donors (Lipinski definition) is 1. The van der Waals surface area contributed by atoms with Crippen molar-refractivity contribution in [3.8, 4) is 0 Å². The fourth-order valence-electron chi connectivity index (χ4n) is 5.70. The summed E-state index contributed by atoms with van der Waals surface area (Å²) in [5.41, 5.74) is 0. The van der Waals surface area contributed by atoms with Gasteiger partial charge in [0, 0.05) is 0 Å². The molecule has 254 valence electrons. The first-order valence-electron chi connectivity index (χ1n) is 18.9. The SMILES string of the molecule is CCCCCCCCCCN(CCCCCCCCCC)CCCCCCCOP(=O)(O)OCCCCCCCCC. The standard InChI is InChI=1S/C36H76NO4P/c1-4-7-10-13-16-18-22-27-32-37(33-28-23-19-17-14-11-8-5-2)34-29-24-21-26-31-36-41-42(38,39)40-35-30-25-20-15-12-9-6-3/h4-36H2,1-3H3,(H,38,39). The van der Waals surface area contributed by atoms with Gasteiger partial charge >= 0.3 is 7.82 Å². The predicted octanol–water partition coefficient (Wildman–Crippen LogP) is 12.4. The molecule has 42 heavy (non-hydrogen) atoms. The summed E-state index contributed by atoms with van der Waals surface area (Å²) in [7, 11) is -3.89. The van der Waals surface area contributed by atoms with E-state index in [0.29, 0.717) is 13.2 Å². The van der Waals surface area contributed by atoms with Crippen LogP contribution in [-0.4, -0.2) is 42.6 Å². The molecule has 1 N–H and O–H groups in total. The molecule has 0 radical (unpaired) electrons. The van der Waals surface area contributed by atoms with Crippen molar-refractivity contribution < 1.29 is 18.5 Å². The molecule has 0 bridgehead atoms. The van der Waals surface area contributed by atoms with E-state index in [9.17, 15) is 9.46 Å². The quantitative estimate of drug-likeness (QED) is 0.0560. The van der Waals surface area contributed by atoms with Crippen LogP contribution in [0.1, 0.15) is 201 Å². The lowest BCUT2D eigenvalue weighted by Gasteiger charge is -2.22. The highest BCUT2D eigenvalue weighted by atomic mass is 31.2. The minimum Gasteiger partial charge on any atom is -0.303 e. The van der Waals surface area contributed by atoms with E-state index in [-0.39, 0.29) is 0 Å². The maximum absolute atomic E-state index is 12.1. The summed E-state index contributed by atoms with van der Waals surface area (Å²) in [4.78, 5) is 12.6. The second-order valence-corrected chi connectivity index (χ2v) is 14.3. The molecule has 0 aromatic heterocycles. The van der Waals surface area contributed by atoms with Crippen LogP contribution in [0.5, 0.6) is 0 Å². The Morgan fingerprint density at radius 2 is 0.643 bits per heavy atom. The monoisotopic (exact) mass is 618 g/mol. The fourth-order valence-corrected chi connectivity index (χ4v) is 6.49. The number of unbranched alkanes of at least 4 members (excludes halogenated alkanes) is 24. The van der Waals surface area contributed by atoms with Crippen LogP contribution in [0.25, 0.3) is 0 Å². The Labute approximate surface area is 264 Å². The van der Waals surface area contributed by atoms with Gasteiger partial charge in [0.2, 0.25) is 0 Å². The number of phosphoric ester groups is 1. The summed E-state index contributed by atoms with van der Waals surface area (Å²) < 4.78 is 22.4. The molecule has 0 fully saturated rings. The molecule has 0 saturated heterocycles. The van der Waals surface area contributed by atoms with Gasteiger partial charge in [0.05, 0.1) is 13.2 Å². The fraction of sp³-hybridized carbons (Fsp3) is 1.00. The largest absolute Gasteiger partial charge is 0.472 e. The van der Waals surface area contributed by atoms with Crippen LogP contribution < -0.4 is 0 Å². The summed E-state index contributed by atoms with van der Waals surface area (Å²) in [5, 5.41) is 0. The summed E-state index contributed by atoms with van der Waals surface area (Å²) in [6.07, 6.45) is 35.9. The van der Waals surface area contributed by atoms with Crippen molar-refractivity contribution in [2.24, 2.45) is 0 Å². The van der Waals surface area contributed by atoms with Crippen LogP contribution in [-0.2, 0) is 13.6 Å². The lowest BCUT2D eigenvalue weighted by Crippen LogP contribution is -2.27. The van der Waals surface area contributed by atoms with Gasteiger partial charge in [-0.3, -0.25) is 9.05 Å². The third-order valence-electron chi connectivity index (χ3n) is 8.53. The molecule has 0 rings (SSSR count). The van der Waals surface area contributed by atoms with Gasteiger partial charge in [0.15, 0.2) is 0 Å². The molecule has 0 aromatic carbocycles. The lowest BCUT2D eigenvalue weighted by atomic mass is 10.1. The Morgan fingerprint density at radius 1 is 0.405 bits per heavy atom. The van der Waals surface area contributed by atoms with Gasteiger partial charge in [0.1, 0.15) is 0 Å². The lowest BCUT2D eigenvalue weighted by molar-refractivity contribution is 0.145. The number of rotatable bonds is 36. The molecule has 0 aliphatic carbocycles. The molecular weight excluding hydrogens is 541 g/mol. The minimum absolute atomic E-state index is 0.313. The molecule has 5 nitrogen and oxygen atoms in total. The number of hydrogen-bond acceptors (Lipinski definition) is 4. The van der Waals surface area contributed by atoms with Crippen molar-refractivity contribution in [1.29, 1.82) is 0 Å². The van der Waals surface area contributed by atoms with Crippen LogP contribution >= 0.6 is 7.82 Å². The summed E-state index contributed by atoms with van der Waals surface area (Å²) >= 11 is 0. The second kappa shape index (κ2) is 34.0. The predicted molar refractivity (Wildman–Crippen MR) is 184 cm³/mol. The van der Waals surface area contributed by atoms with Crippen molar-refractivity contribution in [1.82, 2.24) is 4.90 Å². The molecule has 0 saturated carbocycles. The highest BCUT2D eigenvalue weighted by Crippen LogP contribution is 2.43. The van der Waals surface area contributed by atoms with E-state index in [1.807, 2.05) is 0 Å². The van der Waals surface area contributed by atoms with Crippen LogP contribution in [0, 0.1) is 0 Å². The molecule has 0 heterocycles. The van der Waals surface area contributed by atoms with Crippen LogP contribution in [0.15, 0.2) is 0 Å². The average molecular weight is 618 g/mol. The van der Waals surface area contributed by atoms with Crippen molar-refractivity contribution >= 4 is 7.82 Å². The molecule has 6 heteroatoms. The summed E-state index contributed by atoms with van der Waals surface area (Å²) in [5.74, 6) is 0. The Bertz CT molecular complexity index is 543. The maximum atomic E-state index is 12.1. The highest BCUT2D eigenvalue weighted by Gasteiger charge is 2.20. The zero-order chi connectivity index (χ0) is 30.8. The third-order valence-corrected chi connectivity index (χ3v) is 9.55. The van der Waals surface area contributed by atoms with E-state index >= 15 is 0 Å². The molecule has 0 aliphatic rings. The van der Waals surface area contributed by atoms with Crippen molar-refractivity contribution in [2.45, 2.75) is 201 Å². The number of nitrogens with zero attached hydrogens (tertiary/aromatic N) is 1. The Hall–Kier alpha value is 0.0700. The van der Waals surface area contributed by atoms with Gasteiger partial charge in [-0.15, -0.1) is 0 Å². The first-order valence-corrected chi connectivity index (χ1v) is 20.4. The van der Waals surface area contributed by atoms with Crippen LogP contribution in [0.4, 0.5) is 0 Å².